The summed E-state index contributed by atoms with van der Waals surface area (Å²) in [5.41, 5.74) is 8.79. The molecule has 0 bridgehead atoms. The van der Waals surface area contributed by atoms with Crippen LogP contribution in [0.2, 0.25) is 0 Å². The molecule has 0 amide bonds. The zero-order chi connectivity index (χ0) is 18.2. The van der Waals surface area contributed by atoms with E-state index in [0.29, 0.717) is 11.3 Å². The van der Waals surface area contributed by atoms with Gasteiger partial charge in [0, 0.05) is 19.8 Å². The molecule has 0 heterocycles. The van der Waals surface area contributed by atoms with Crippen molar-refractivity contribution in [2.24, 2.45) is 10.7 Å². The summed E-state index contributed by atoms with van der Waals surface area (Å²) in [7, 11) is 3.88. The van der Waals surface area contributed by atoms with E-state index in [9.17, 15) is 14.9 Å². The maximum Gasteiger partial charge on any atom is 0.321 e. The average Bonchev–Trinajstić information content (AvgIpc) is 2.46. The smallest absolute Gasteiger partial charge is 0.321 e. The molecule has 0 unspecified atom stereocenters. The van der Waals surface area contributed by atoms with Gasteiger partial charge in [0.2, 0.25) is 5.78 Å². The molecule has 7 nitrogen and oxygen atoms in total. The van der Waals surface area contributed by atoms with Gasteiger partial charge in [-0.3, -0.25) is 14.9 Å². The molecule has 1 aromatic carbocycles. The Morgan fingerprint density at radius 3 is 2.17 bits per heavy atom. The van der Waals surface area contributed by atoms with E-state index in [-0.39, 0.29) is 11.4 Å². The molecule has 0 atom stereocenters. The molecule has 0 aromatic heterocycles. The third-order valence-electron chi connectivity index (χ3n) is 3.86. The van der Waals surface area contributed by atoms with Crippen LogP contribution in [0.1, 0.15) is 18.1 Å². The van der Waals surface area contributed by atoms with Crippen molar-refractivity contribution in [3.8, 4) is 0 Å². The van der Waals surface area contributed by atoms with Gasteiger partial charge < -0.3 is 10.6 Å². The first-order chi connectivity index (χ1) is 11.1. The lowest BCUT2D eigenvalue weighted by atomic mass is 9.98. The van der Waals surface area contributed by atoms with Gasteiger partial charge in [0.1, 0.15) is 5.71 Å². The number of rotatable bonds is 3. The van der Waals surface area contributed by atoms with E-state index in [1.807, 2.05) is 45.0 Å². The van der Waals surface area contributed by atoms with E-state index < -0.39 is 16.4 Å². The van der Waals surface area contributed by atoms with Gasteiger partial charge in [-0.1, -0.05) is 0 Å². The van der Waals surface area contributed by atoms with Crippen molar-refractivity contribution in [3.63, 3.8) is 0 Å². The second-order valence-corrected chi connectivity index (χ2v) is 5.99. The van der Waals surface area contributed by atoms with Crippen molar-refractivity contribution >= 4 is 22.9 Å². The molecule has 0 aliphatic heterocycles. The Balaban J connectivity index is 2.68. The Morgan fingerprint density at radius 2 is 1.71 bits per heavy atom. The molecule has 126 valence electrons. The Morgan fingerprint density at radius 1 is 1.17 bits per heavy atom. The minimum Gasteiger partial charge on any atom is -0.390 e. The number of hydrogen-bond donors (Lipinski definition) is 1. The van der Waals surface area contributed by atoms with Crippen LogP contribution in [-0.2, 0) is 4.79 Å². The van der Waals surface area contributed by atoms with E-state index in [4.69, 9.17) is 5.73 Å². The highest BCUT2D eigenvalue weighted by Gasteiger charge is 2.32. The van der Waals surface area contributed by atoms with Crippen LogP contribution in [0.4, 0.5) is 11.4 Å². The molecular formula is C17H20N4O3. The number of benzene rings is 1. The standard InChI is InChI=1S/C17H20N4O3/c1-9-6-12(20(4)5)7-10(2)15(9)19-16-11(3)8-13(22)14(18)17(16)21(23)24/h6-8H,18H2,1-5H3. The van der Waals surface area contributed by atoms with Crippen LogP contribution in [0.25, 0.3) is 0 Å². The number of nitrogens with two attached hydrogens (primary N) is 1. The van der Waals surface area contributed by atoms with Crippen LogP contribution in [0.15, 0.2) is 40.2 Å². The highest BCUT2D eigenvalue weighted by atomic mass is 16.6. The largest absolute Gasteiger partial charge is 0.390 e. The topological polar surface area (TPSA) is 102 Å². The molecule has 0 saturated heterocycles. The Bertz CT molecular complexity index is 809. The Hall–Kier alpha value is -2.96. The quantitative estimate of drug-likeness (QED) is 0.521. The molecule has 0 saturated carbocycles. The number of ketones is 1. The highest BCUT2D eigenvalue weighted by molar-refractivity contribution is 6.23. The second kappa shape index (κ2) is 6.27. The predicted octanol–water partition coefficient (Wildman–Crippen LogP) is 2.42. The van der Waals surface area contributed by atoms with Gasteiger partial charge in [0.15, 0.2) is 5.70 Å². The number of carbonyl (C=O) groups excluding carboxylic acids is 1. The van der Waals surface area contributed by atoms with E-state index in [2.05, 4.69) is 4.99 Å². The Kier molecular flexibility index (Phi) is 4.54. The molecule has 2 rings (SSSR count). The van der Waals surface area contributed by atoms with E-state index in [0.717, 1.165) is 16.8 Å². The fourth-order valence-corrected chi connectivity index (χ4v) is 2.58. The molecule has 0 radical (unpaired) electrons. The second-order valence-electron chi connectivity index (χ2n) is 5.99. The maximum absolute atomic E-state index is 11.7. The van der Waals surface area contributed by atoms with Gasteiger partial charge in [0.25, 0.3) is 0 Å². The summed E-state index contributed by atoms with van der Waals surface area (Å²) in [5, 5.41) is 11.4. The minimum atomic E-state index is -0.651. The molecule has 2 N–H and O–H groups in total. The summed E-state index contributed by atoms with van der Waals surface area (Å²) in [6, 6.07) is 3.91. The number of nitrogens with zero attached hydrogens (tertiary/aromatic N) is 3. The molecule has 1 aliphatic carbocycles. The first-order valence-electron chi connectivity index (χ1n) is 7.38. The van der Waals surface area contributed by atoms with Crippen LogP contribution in [-0.4, -0.2) is 30.5 Å². The van der Waals surface area contributed by atoms with Crippen LogP contribution in [0, 0.1) is 24.0 Å². The number of anilines is 1. The van der Waals surface area contributed by atoms with E-state index in [1.165, 1.54) is 6.08 Å². The fourth-order valence-electron chi connectivity index (χ4n) is 2.58. The number of nitro groups is 1. The molecule has 1 aromatic rings. The van der Waals surface area contributed by atoms with Crippen LogP contribution >= 0.6 is 0 Å². The lowest BCUT2D eigenvalue weighted by Gasteiger charge is -2.17. The van der Waals surface area contributed by atoms with E-state index in [1.54, 1.807) is 6.92 Å². The zero-order valence-electron chi connectivity index (χ0n) is 14.4. The molecule has 7 heteroatoms. The van der Waals surface area contributed by atoms with Gasteiger partial charge in [0.05, 0.1) is 10.6 Å². The van der Waals surface area contributed by atoms with E-state index >= 15 is 0 Å². The predicted molar refractivity (Wildman–Crippen MR) is 94.3 cm³/mol. The van der Waals surface area contributed by atoms with Crippen LogP contribution in [0.5, 0.6) is 0 Å². The fraction of sp³-hybridized carbons (Fsp3) is 0.294. The summed E-state index contributed by atoms with van der Waals surface area (Å²) in [6.45, 7) is 5.40. The van der Waals surface area contributed by atoms with Gasteiger partial charge in [-0.15, -0.1) is 0 Å². The Labute approximate surface area is 140 Å². The first-order valence-corrected chi connectivity index (χ1v) is 7.38. The van der Waals surface area contributed by atoms with Gasteiger partial charge in [-0.25, -0.2) is 4.99 Å². The minimum absolute atomic E-state index is 0.126. The highest BCUT2D eigenvalue weighted by Crippen LogP contribution is 2.31. The van der Waals surface area contributed by atoms with Gasteiger partial charge >= 0.3 is 5.70 Å². The van der Waals surface area contributed by atoms with Crippen molar-refractivity contribution in [1.29, 1.82) is 0 Å². The first kappa shape index (κ1) is 17.4. The maximum atomic E-state index is 11.7. The molecule has 24 heavy (non-hydrogen) atoms. The van der Waals surface area contributed by atoms with Crippen molar-refractivity contribution in [2.45, 2.75) is 20.8 Å². The van der Waals surface area contributed by atoms with Crippen LogP contribution < -0.4 is 10.6 Å². The van der Waals surface area contributed by atoms with Crippen LogP contribution in [0.3, 0.4) is 0 Å². The zero-order valence-corrected chi connectivity index (χ0v) is 14.4. The summed E-state index contributed by atoms with van der Waals surface area (Å²) in [6.07, 6.45) is 1.28. The average molecular weight is 328 g/mol. The number of carbonyl (C=O) groups is 1. The third kappa shape index (κ3) is 3.05. The third-order valence-corrected chi connectivity index (χ3v) is 3.86. The van der Waals surface area contributed by atoms with Crippen molar-refractivity contribution < 1.29 is 9.72 Å². The monoisotopic (exact) mass is 328 g/mol. The summed E-state index contributed by atoms with van der Waals surface area (Å²) in [4.78, 5) is 28.9. The number of aryl methyl sites for hydroxylation is 2. The summed E-state index contributed by atoms with van der Waals surface area (Å²) >= 11 is 0. The van der Waals surface area contributed by atoms with Gasteiger partial charge in [-0.05, 0) is 55.7 Å². The van der Waals surface area contributed by atoms with Crippen molar-refractivity contribution in [1.82, 2.24) is 0 Å². The van der Waals surface area contributed by atoms with Crippen molar-refractivity contribution in [2.75, 3.05) is 19.0 Å². The normalized spacial score (nSPS) is 16.5. The molecule has 0 fully saturated rings. The molecule has 0 spiro atoms. The SMILES string of the molecule is CC1=CC(=O)C(N)=C([N+](=O)[O-])C1=Nc1c(C)cc(N(C)C)cc1C. The van der Waals surface area contributed by atoms with Crippen molar-refractivity contribution in [3.05, 3.63) is 56.4 Å². The summed E-state index contributed by atoms with van der Waals surface area (Å²) in [5.74, 6) is -0.561. The number of aliphatic imine (C=N–C) groups is 1. The lowest BCUT2D eigenvalue weighted by Crippen LogP contribution is -2.27. The number of allylic oxidation sites excluding steroid dienone is 2. The number of hydrogen-bond acceptors (Lipinski definition) is 6. The lowest BCUT2D eigenvalue weighted by molar-refractivity contribution is -0.416. The van der Waals surface area contributed by atoms with Gasteiger partial charge in [-0.2, -0.15) is 0 Å². The summed E-state index contributed by atoms with van der Waals surface area (Å²) < 4.78 is 0. The molecular weight excluding hydrogens is 308 g/mol. The molecule has 1 aliphatic rings.